The Morgan fingerprint density at radius 3 is 2.70 bits per heavy atom. The summed E-state index contributed by atoms with van der Waals surface area (Å²) >= 11 is 0. The highest BCUT2D eigenvalue weighted by Gasteiger charge is 2.42. The fraction of sp³-hybridized carbons (Fsp3) is 0.929. The van der Waals surface area contributed by atoms with Gasteiger partial charge in [0.05, 0.1) is 17.6 Å². The standard InChI is InChI=1S/C14H25N3O2S/c1-2-16-14(12-15)6-3-4-13(14)5-7-17-8-10-20(18,19)11-9-17/h13,16H,2-11H2,1H3. The number of hydrogen-bond donors (Lipinski definition) is 1. The molecule has 0 aromatic rings. The fourth-order valence-corrected chi connectivity index (χ4v) is 4.79. The highest BCUT2D eigenvalue weighted by molar-refractivity contribution is 7.91. The Labute approximate surface area is 122 Å². The van der Waals surface area contributed by atoms with Crippen LogP contribution in [-0.4, -0.2) is 56.5 Å². The van der Waals surface area contributed by atoms with Crippen molar-refractivity contribution in [2.75, 3.05) is 37.7 Å². The van der Waals surface area contributed by atoms with Crippen LogP contribution in [0.2, 0.25) is 0 Å². The first-order valence-corrected chi connectivity index (χ1v) is 9.42. The molecule has 6 heteroatoms. The molecule has 5 nitrogen and oxygen atoms in total. The van der Waals surface area contributed by atoms with Gasteiger partial charge >= 0.3 is 0 Å². The van der Waals surface area contributed by atoms with Crippen molar-refractivity contribution < 1.29 is 8.42 Å². The van der Waals surface area contributed by atoms with E-state index in [4.69, 9.17) is 0 Å². The molecule has 1 saturated heterocycles. The van der Waals surface area contributed by atoms with Crippen molar-refractivity contribution in [1.29, 1.82) is 5.26 Å². The van der Waals surface area contributed by atoms with E-state index in [0.717, 1.165) is 38.8 Å². The largest absolute Gasteiger partial charge is 0.301 e. The van der Waals surface area contributed by atoms with Gasteiger partial charge in [-0.3, -0.25) is 5.32 Å². The van der Waals surface area contributed by atoms with Gasteiger partial charge in [0.1, 0.15) is 5.54 Å². The maximum atomic E-state index is 11.4. The van der Waals surface area contributed by atoms with Crippen LogP contribution in [0.5, 0.6) is 0 Å². The monoisotopic (exact) mass is 299 g/mol. The van der Waals surface area contributed by atoms with Crippen LogP contribution in [0.25, 0.3) is 0 Å². The minimum atomic E-state index is -2.80. The molecular formula is C14H25N3O2S. The molecule has 1 heterocycles. The number of rotatable bonds is 5. The maximum Gasteiger partial charge on any atom is 0.152 e. The predicted octanol–water partition coefficient (Wildman–Crippen LogP) is 0.779. The molecule has 2 aliphatic rings. The van der Waals surface area contributed by atoms with Gasteiger partial charge in [0.2, 0.25) is 0 Å². The van der Waals surface area contributed by atoms with Crippen LogP contribution < -0.4 is 5.32 Å². The average molecular weight is 299 g/mol. The molecule has 0 bridgehead atoms. The van der Waals surface area contributed by atoms with Crippen LogP contribution in [0.3, 0.4) is 0 Å². The third kappa shape index (κ3) is 3.51. The molecule has 1 saturated carbocycles. The van der Waals surface area contributed by atoms with Crippen molar-refractivity contribution in [2.45, 2.75) is 38.1 Å². The van der Waals surface area contributed by atoms with Gasteiger partial charge in [-0.2, -0.15) is 5.26 Å². The second-order valence-electron chi connectivity index (χ2n) is 5.98. The van der Waals surface area contributed by atoms with Crippen molar-refractivity contribution in [1.82, 2.24) is 10.2 Å². The summed E-state index contributed by atoms with van der Waals surface area (Å²) in [4.78, 5) is 2.23. The van der Waals surface area contributed by atoms with Crippen molar-refractivity contribution in [3.63, 3.8) is 0 Å². The average Bonchev–Trinajstić information content (AvgIpc) is 2.81. The molecule has 20 heavy (non-hydrogen) atoms. The van der Waals surface area contributed by atoms with Gasteiger partial charge in [0.15, 0.2) is 9.84 Å². The Bertz CT molecular complexity index is 457. The summed E-state index contributed by atoms with van der Waals surface area (Å²) < 4.78 is 22.8. The number of nitriles is 1. The zero-order chi connectivity index (χ0) is 14.6. The quantitative estimate of drug-likeness (QED) is 0.812. The van der Waals surface area contributed by atoms with E-state index < -0.39 is 9.84 Å². The van der Waals surface area contributed by atoms with Crippen molar-refractivity contribution in [2.24, 2.45) is 5.92 Å². The molecule has 2 fully saturated rings. The smallest absolute Gasteiger partial charge is 0.152 e. The number of nitrogens with zero attached hydrogens (tertiary/aromatic N) is 2. The number of sulfone groups is 1. The van der Waals surface area contributed by atoms with Crippen LogP contribution in [0, 0.1) is 17.2 Å². The van der Waals surface area contributed by atoms with Crippen molar-refractivity contribution in [3.05, 3.63) is 0 Å². The second-order valence-corrected chi connectivity index (χ2v) is 8.29. The maximum absolute atomic E-state index is 11.4. The molecule has 1 aliphatic carbocycles. The van der Waals surface area contributed by atoms with Gasteiger partial charge in [-0.25, -0.2) is 8.42 Å². The summed E-state index contributed by atoms with van der Waals surface area (Å²) in [5, 5.41) is 12.9. The Kier molecular flexibility index (Phi) is 5.05. The van der Waals surface area contributed by atoms with Gasteiger partial charge in [0.25, 0.3) is 0 Å². The molecule has 2 unspecified atom stereocenters. The topological polar surface area (TPSA) is 73.2 Å². The lowest BCUT2D eigenvalue weighted by Crippen LogP contribution is -2.48. The van der Waals surface area contributed by atoms with E-state index in [1.54, 1.807) is 0 Å². The van der Waals surface area contributed by atoms with Gasteiger partial charge in [0, 0.05) is 13.1 Å². The summed E-state index contributed by atoms with van der Waals surface area (Å²) in [6.07, 6.45) is 4.14. The van der Waals surface area contributed by atoms with E-state index in [-0.39, 0.29) is 17.0 Å². The first kappa shape index (κ1) is 15.7. The predicted molar refractivity (Wildman–Crippen MR) is 79.1 cm³/mol. The zero-order valence-electron chi connectivity index (χ0n) is 12.3. The Morgan fingerprint density at radius 2 is 2.10 bits per heavy atom. The number of hydrogen-bond acceptors (Lipinski definition) is 5. The molecule has 0 spiro atoms. The van der Waals surface area contributed by atoms with Crippen molar-refractivity contribution in [3.8, 4) is 6.07 Å². The van der Waals surface area contributed by atoms with E-state index in [1.807, 2.05) is 6.92 Å². The molecule has 0 aromatic carbocycles. The van der Waals surface area contributed by atoms with E-state index in [2.05, 4.69) is 16.3 Å². The molecule has 114 valence electrons. The minimum absolute atomic E-state index is 0.286. The molecule has 0 amide bonds. The van der Waals surface area contributed by atoms with Crippen LogP contribution in [0.1, 0.15) is 32.6 Å². The summed E-state index contributed by atoms with van der Waals surface area (Å²) in [6.45, 7) is 5.08. The fourth-order valence-electron chi connectivity index (χ4n) is 3.52. The first-order valence-electron chi connectivity index (χ1n) is 7.60. The van der Waals surface area contributed by atoms with E-state index >= 15 is 0 Å². The SMILES string of the molecule is CCNC1(C#N)CCCC1CCN1CCS(=O)(=O)CC1. The molecule has 0 radical (unpaired) electrons. The van der Waals surface area contributed by atoms with E-state index in [9.17, 15) is 13.7 Å². The Hall–Kier alpha value is -0.640. The van der Waals surface area contributed by atoms with Gasteiger partial charge in [-0.15, -0.1) is 0 Å². The highest BCUT2D eigenvalue weighted by Crippen LogP contribution is 2.37. The summed E-state index contributed by atoms with van der Waals surface area (Å²) in [6, 6.07) is 2.50. The van der Waals surface area contributed by atoms with Crippen molar-refractivity contribution >= 4 is 9.84 Å². The van der Waals surface area contributed by atoms with Crippen LogP contribution >= 0.6 is 0 Å². The van der Waals surface area contributed by atoms with Gasteiger partial charge < -0.3 is 4.90 Å². The lowest BCUT2D eigenvalue weighted by atomic mass is 9.85. The third-order valence-corrected chi connectivity index (χ3v) is 6.35. The molecule has 1 N–H and O–H groups in total. The summed E-state index contributed by atoms with van der Waals surface area (Å²) in [5.41, 5.74) is -0.351. The van der Waals surface area contributed by atoms with E-state index in [0.29, 0.717) is 19.0 Å². The van der Waals surface area contributed by atoms with Gasteiger partial charge in [-0.1, -0.05) is 13.3 Å². The normalized spacial score (nSPS) is 33.9. The molecule has 1 aliphatic heterocycles. The lowest BCUT2D eigenvalue weighted by Gasteiger charge is -2.32. The van der Waals surface area contributed by atoms with Gasteiger partial charge in [-0.05, 0) is 38.3 Å². The second kappa shape index (κ2) is 6.42. The lowest BCUT2D eigenvalue weighted by molar-refractivity contribution is 0.234. The zero-order valence-corrected chi connectivity index (χ0v) is 13.1. The van der Waals surface area contributed by atoms with E-state index in [1.165, 1.54) is 0 Å². The minimum Gasteiger partial charge on any atom is -0.301 e. The summed E-state index contributed by atoms with van der Waals surface area (Å²) in [7, 11) is -2.80. The Morgan fingerprint density at radius 1 is 1.40 bits per heavy atom. The summed E-state index contributed by atoms with van der Waals surface area (Å²) in [5.74, 6) is 0.966. The molecule has 0 aromatic heterocycles. The number of nitrogens with one attached hydrogen (secondary N) is 1. The van der Waals surface area contributed by atoms with Crippen LogP contribution in [0.4, 0.5) is 0 Å². The molecule has 2 rings (SSSR count). The Balaban J connectivity index is 1.86. The van der Waals surface area contributed by atoms with Crippen LogP contribution in [-0.2, 0) is 9.84 Å². The van der Waals surface area contributed by atoms with Crippen LogP contribution in [0.15, 0.2) is 0 Å². The molecular weight excluding hydrogens is 274 g/mol. The molecule has 2 atom stereocenters. The first-order chi connectivity index (χ1) is 9.51. The third-order valence-electron chi connectivity index (χ3n) is 4.74. The highest BCUT2D eigenvalue weighted by atomic mass is 32.2.